The predicted molar refractivity (Wildman–Crippen MR) is 85.5 cm³/mol. The molecular weight excluding hydrogens is 286 g/mol. The zero-order chi connectivity index (χ0) is 14.8. The zero-order valence-corrected chi connectivity index (χ0v) is 12.0. The average Bonchev–Trinajstić information content (AvgIpc) is 2.79. The summed E-state index contributed by atoms with van der Waals surface area (Å²) in [4.78, 5) is 12.2. The van der Waals surface area contributed by atoms with Crippen LogP contribution in [0.25, 0.3) is 11.3 Å². The smallest absolute Gasteiger partial charge is 0.290 e. The topological polar surface area (TPSA) is 63.8 Å². The second-order valence-electron chi connectivity index (χ2n) is 4.75. The highest BCUT2D eigenvalue weighted by molar-refractivity contribution is 6.31. The van der Waals surface area contributed by atoms with Gasteiger partial charge in [-0.2, -0.15) is 0 Å². The predicted octanol–water partition coefficient (Wildman–Crippen LogP) is 3.13. The number of nitrogens with two attached hydrogens (primary N) is 1. The molecule has 0 aliphatic rings. The molecule has 106 valence electrons. The fourth-order valence-corrected chi connectivity index (χ4v) is 2.43. The molecule has 5 heteroatoms. The van der Waals surface area contributed by atoms with Gasteiger partial charge < -0.3 is 5.73 Å². The molecule has 3 N–H and O–H groups in total. The van der Waals surface area contributed by atoms with Gasteiger partial charge >= 0.3 is 0 Å². The van der Waals surface area contributed by atoms with Crippen molar-refractivity contribution in [1.29, 1.82) is 0 Å². The van der Waals surface area contributed by atoms with Crippen LogP contribution < -0.4 is 11.3 Å². The Morgan fingerprint density at radius 2 is 1.71 bits per heavy atom. The van der Waals surface area contributed by atoms with Crippen molar-refractivity contribution in [1.82, 2.24) is 9.78 Å². The normalized spacial score (nSPS) is 10.7. The zero-order valence-electron chi connectivity index (χ0n) is 11.2. The molecule has 0 aliphatic heterocycles. The van der Waals surface area contributed by atoms with E-state index in [0.717, 1.165) is 11.1 Å². The quantitative estimate of drug-likeness (QED) is 0.780. The van der Waals surface area contributed by atoms with Gasteiger partial charge in [0.1, 0.15) is 5.69 Å². The van der Waals surface area contributed by atoms with Crippen LogP contribution in [-0.4, -0.2) is 9.78 Å². The first-order chi connectivity index (χ1) is 10.2. The number of aromatic nitrogens is 2. The maximum absolute atomic E-state index is 12.2. The van der Waals surface area contributed by atoms with Gasteiger partial charge in [0.25, 0.3) is 5.56 Å². The van der Waals surface area contributed by atoms with E-state index < -0.39 is 0 Å². The van der Waals surface area contributed by atoms with Crippen LogP contribution in [0.2, 0.25) is 5.02 Å². The second-order valence-corrected chi connectivity index (χ2v) is 5.16. The molecular formula is C16H14ClN3O. The van der Waals surface area contributed by atoms with Crippen LogP contribution in [0.1, 0.15) is 5.56 Å². The van der Waals surface area contributed by atoms with Gasteiger partial charge in [-0.25, -0.2) is 4.68 Å². The molecule has 0 bridgehead atoms. The molecule has 0 saturated carbocycles. The van der Waals surface area contributed by atoms with Crippen molar-refractivity contribution in [2.24, 2.45) is 0 Å². The molecule has 0 amide bonds. The first kappa shape index (κ1) is 13.5. The van der Waals surface area contributed by atoms with E-state index in [2.05, 4.69) is 5.10 Å². The van der Waals surface area contributed by atoms with E-state index in [1.165, 1.54) is 4.68 Å². The molecule has 0 aliphatic carbocycles. The van der Waals surface area contributed by atoms with Gasteiger partial charge in [0, 0.05) is 10.6 Å². The third-order valence-corrected chi connectivity index (χ3v) is 3.71. The molecule has 2 aromatic carbocycles. The number of rotatable bonds is 3. The summed E-state index contributed by atoms with van der Waals surface area (Å²) in [6.45, 7) is 0.357. The molecule has 0 atom stereocenters. The minimum absolute atomic E-state index is 0.216. The summed E-state index contributed by atoms with van der Waals surface area (Å²) < 4.78 is 1.47. The monoisotopic (exact) mass is 299 g/mol. The maximum Gasteiger partial charge on any atom is 0.290 e. The maximum atomic E-state index is 12.2. The fraction of sp³-hybridized carbons (Fsp3) is 0.0625. The number of nitrogen functional groups attached to an aromatic ring is 1. The van der Waals surface area contributed by atoms with Crippen molar-refractivity contribution in [2.45, 2.75) is 6.54 Å². The highest BCUT2D eigenvalue weighted by Gasteiger charge is 2.13. The lowest BCUT2D eigenvalue weighted by Crippen LogP contribution is -2.19. The minimum Gasteiger partial charge on any atom is -0.392 e. The summed E-state index contributed by atoms with van der Waals surface area (Å²) in [5, 5.41) is 3.69. The first-order valence-electron chi connectivity index (χ1n) is 6.54. The van der Waals surface area contributed by atoms with E-state index in [1.54, 1.807) is 6.07 Å². The molecule has 0 radical (unpaired) electrons. The van der Waals surface area contributed by atoms with Gasteiger partial charge in [-0.1, -0.05) is 60.1 Å². The molecule has 1 aromatic heterocycles. The van der Waals surface area contributed by atoms with Crippen LogP contribution >= 0.6 is 11.6 Å². The van der Waals surface area contributed by atoms with E-state index >= 15 is 0 Å². The fourth-order valence-electron chi connectivity index (χ4n) is 2.23. The number of H-pyrrole nitrogens is 1. The Kier molecular flexibility index (Phi) is 3.54. The lowest BCUT2D eigenvalue weighted by Gasteiger charge is -2.04. The van der Waals surface area contributed by atoms with Crippen LogP contribution in [0, 0.1) is 0 Å². The molecule has 0 unspecified atom stereocenters. The molecule has 3 rings (SSSR count). The lowest BCUT2D eigenvalue weighted by atomic mass is 10.1. The van der Waals surface area contributed by atoms with Gasteiger partial charge in [-0.05, 0) is 11.6 Å². The highest BCUT2D eigenvalue weighted by atomic mass is 35.5. The standard InChI is InChI=1S/C16H14ClN3O/c17-13-9-5-4-8-12(13)10-20-16(21)14(18)15(19-20)11-6-2-1-3-7-11/h1-9,19H,10,18H2. The van der Waals surface area contributed by atoms with Gasteiger partial charge in [0.2, 0.25) is 0 Å². The van der Waals surface area contributed by atoms with Gasteiger partial charge in [-0.3, -0.25) is 9.89 Å². The molecule has 0 fully saturated rings. The largest absolute Gasteiger partial charge is 0.392 e. The Bertz CT molecular complexity index is 821. The van der Waals surface area contributed by atoms with Crippen LogP contribution in [-0.2, 0) is 6.54 Å². The second kappa shape index (κ2) is 5.50. The number of benzene rings is 2. The molecule has 21 heavy (non-hydrogen) atoms. The highest BCUT2D eigenvalue weighted by Crippen LogP contribution is 2.21. The summed E-state index contributed by atoms with van der Waals surface area (Å²) in [6.07, 6.45) is 0. The number of hydrogen-bond donors (Lipinski definition) is 2. The number of anilines is 1. The molecule has 1 heterocycles. The minimum atomic E-state index is -0.242. The average molecular weight is 300 g/mol. The molecule has 4 nitrogen and oxygen atoms in total. The van der Waals surface area contributed by atoms with Crippen LogP contribution in [0.15, 0.2) is 59.4 Å². The van der Waals surface area contributed by atoms with Gasteiger partial charge in [-0.15, -0.1) is 0 Å². The summed E-state index contributed by atoms with van der Waals surface area (Å²) in [5.41, 5.74) is 8.28. The SMILES string of the molecule is Nc1c(-c2ccccc2)[nH]n(Cc2ccccc2Cl)c1=O. The molecule has 0 spiro atoms. The summed E-state index contributed by atoms with van der Waals surface area (Å²) in [5.74, 6) is 0. The van der Waals surface area contributed by atoms with Crippen molar-refractivity contribution in [3.05, 3.63) is 75.5 Å². The summed E-state index contributed by atoms with van der Waals surface area (Å²) >= 11 is 6.13. The molecule has 0 saturated heterocycles. The number of aromatic amines is 1. The Balaban J connectivity index is 2.02. The Morgan fingerprint density at radius 1 is 1.05 bits per heavy atom. The van der Waals surface area contributed by atoms with E-state index in [9.17, 15) is 4.79 Å². The van der Waals surface area contributed by atoms with Crippen molar-refractivity contribution >= 4 is 17.3 Å². The van der Waals surface area contributed by atoms with Crippen molar-refractivity contribution in [2.75, 3.05) is 5.73 Å². The van der Waals surface area contributed by atoms with Crippen LogP contribution in [0.5, 0.6) is 0 Å². The van der Waals surface area contributed by atoms with Crippen LogP contribution in [0.3, 0.4) is 0 Å². The number of nitrogens with one attached hydrogen (secondary N) is 1. The summed E-state index contributed by atoms with van der Waals surface area (Å²) in [6, 6.07) is 16.9. The van der Waals surface area contributed by atoms with Crippen LogP contribution in [0.4, 0.5) is 5.69 Å². The summed E-state index contributed by atoms with van der Waals surface area (Å²) in [7, 11) is 0. The van der Waals surface area contributed by atoms with E-state index in [-0.39, 0.29) is 11.2 Å². The third-order valence-electron chi connectivity index (χ3n) is 3.34. The van der Waals surface area contributed by atoms with Gasteiger partial charge in [0.05, 0.1) is 12.2 Å². The Labute approximate surface area is 126 Å². The lowest BCUT2D eigenvalue weighted by molar-refractivity contribution is 0.666. The Hall–Kier alpha value is -2.46. The number of halogens is 1. The number of hydrogen-bond acceptors (Lipinski definition) is 2. The van der Waals surface area contributed by atoms with Crippen molar-refractivity contribution in [3.63, 3.8) is 0 Å². The van der Waals surface area contributed by atoms with E-state index in [1.807, 2.05) is 48.5 Å². The van der Waals surface area contributed by atoms with Crippen molar-refractivity contribution < 1.29 is 0 Å². The third kappa shape index (κ3) is 2.58. The van der Waals surface area contributed by atoms with Gasteiger partial charge in [0.15, 0.2) is 0 Å². The molecule has 3 aromatic rings. The first-order valence-corrected chi connectivity index (χ1v) is 6.91. The number of nitrogens with zero attached hydrogens (tertiary/aromatic N) is 1. The van der Waals surface area contributed by atoms with E-state index in [4.69, 9.17) is 17.3 Å². The Morgan fingerprint density at radius 3 is 2.43 bits per heavy atom. The van der Waals surface area contributed by atoms with E-state index in [0.29, 0.717) is 17.3 Å². The van der Waals surface area contributed by atoms with Crippen molar-refractivity contribution in [3.8, 4) is 11.3 Å².